The lowest BCUT2D eigenvalue weighted by molar-refractivity contribution is 0.0123. The lowest BCUT2D eigenvalue weighted by atomic mass is 10.1. The van der Waals surface area contributed by atoms with E-state index in [0.29, 0.717) is 0 Å². The summed E-state index contributed by atoms with van der Waals surface area (Å²) in [6.07, 6.45) is 2.73. The molecule has 2 radical (unpaired) electrons. The molecule has 0 spiro atoms. The SMILES string of the molecule is CC1(C)CC=NO1.[S]. The fourth-order valence-corrected chi connectivity index (χ4v) is 0.474. The molecule has 3 heteroatoms. The zero-order valence-corrected chi connectivity index (χ0v) is 5.86. The summed E-state index contributed by atoms with van der Waals surface area (Å²) in [5.74, 6) is 0. The second-order valence-electron chi connectivity index (χ2n) is 2.34. The molecule has 0 aromatic rings. The summed E-state index contributed by atoms with van der Waals surface area (Å²) < 4.78 is 0. The van der Waals surface area contributed by atoms with Crippen LogP contribution in [-0.4, -0.2) is 11.8 Å². The second kappa shape index (κ2) is 2.40. The van der Waals surface area contributed by atoms with Crippen molar-refractivity contribution in [1.29, 1.82) is 0 Å². The summed E-state index contributed by atoms with van der Waals surface area (Å²) in [6, 6.07) is 0. The first kappa shape index (κ1) is 7.82. The first-order valence-electron chi connectivity index (χ1n) is 2.41. The topological polar surface area (TPSA) is 21.6 Å². The highest BCUT2D eigenvalue weighted by atomic mass is 32.1. The normalized spacial score (nSPS) is 21.8. The minimum Gasteiger partial charge on any atom is -0.390 e. The number of nitrogens with zero attached hydrogens (tertiary/aromatic N) is 1. The van der Waals surface area contributed by atoms with Crippen LogP contribution in [0.1, 0.15) is 20.3 Å². The van der Waals surface area contributed by atoms with Crippen molar-refractivity contribution < 1.29 is 4.84 Å². The highest BCUT2D eigenvalue weighted by molar-refractivity contribution is 7.59. The van der Waals surface area contributed by atoms with Crippen molar-refractivity contribution in [3.05, 3.63) is 0 Å². The average Bonchev–Trinajstić information content (AvgIpc) is 1.84. The van der Waals surface area contributed by atoms with Crippen molar-refractivity contribution in [1.82, 2.24) is 0 Å². The lowest BCUT2D eigenvalue weighted by Crippen LogP contribution is -2.16. The Morgan fingerprint density at radius 2 is 2.25 bits per heavy atom. The summed E-state index contributed by atoms with van der Waals surface area (Å²) in [7, 11) is 0. The van der Waals surface area contributed by atoms with Crippen molar-refractivity contribution in [2.75, 3.05) is 0 Å². The van der Waals surface area contributed by atoms with E-state index in [1.54, 1.807) is 6.21 Å². The molecule has 2 nitrogen and oxygen atoms in total. The zero-order chi connectivity index (χ0) is 5.33. The van der Waals surface area contributed by atoms with Crippen LogP contribution in [-0.2, 0) is 4.84 Å². The van der Waals surface area contributed by atoms with E-state index in [1.165, 1.54) is 0 Å². The van der Waals surface area contributed by atoms with E-state index < -0.39 is 0 Å². The Balaban J connectivity index is 0.000000490. The summed E-state index contributed by atoms with van der Waals surface area (Å²) in [6.45, 7) is 4.03. The average molecular weight is 131 g/mol. The van der Waals surface area contributed by atoms with Crippen LogP contribution in [0.4, 0.5) is 0 Å². The van der Waals surface area contributed by atoms with E-state index in [2.05, 4.69) is 5.16 Å². The maximum absolute atomic E-state index is 4.91. The van der Waals surface area contributed by atoms with E-state index in [-0.39, 0.29) is 19.1 Å². The van der Waals surface area contributed by atoms with E-state index in [1.807, 2.05) is 13.8 Å². The summed E-state index contributed by atoms with van der Waals surface area (Å²) >= 11 is 0. The third-order valence-electron chi connectivity index (χ3n) is 0.957. The number of hydrogen-bond donors (Lipinski definition) is 0. The van der Waals surface area contributed by atoms with Crippen LogP contribution in [0.25, 0.3) is 0 Å². The first-order valence-corrected chi connectivity index (χ1v) is 2.41. The minimum atomic E-state index is -0.0278. The molecule has 0 N–H and O–H groups in total. The van der Waals surface area contributed by atoms with Gasteiger partial charge in [-0.15, -0.1) is 0 Å². The van der Waals surface area contributed by atoms with Gasteiger partial charge in [0.05, 0.1) is 0 Å². The Morgan fingerprint density at radius 1 is 1.62 bits per heavy atom. The van der Waals surface area contributed by atoms with Crippen LogP contribution >= 0.6 is 13.5 Å². The van der Waals surface area contributed by atoms with Gasteiger partial charge in [0.25, 0.3) is 0 Å². The molecule has 0 unspecified atom stereocenters. The van der Waals surface area contributed by atoms with Gasteiger partial charge in [0.15, 0.2) is 0 Å². The molecule has 1 rings (SSSR count). The molecular formula is C5H9NOS. The number of oxime groups is 1. The fourth-order valence-electron chi connectivity index (χ4n) is 0.474. The number of rotatable bonds is 0. The van der Waals surface area contributed by atoms with Crippen LogP contribution in [0.3, 0.4) is 0 Å². The molecule has 0 aromatic carbocycles. The van der Waals surface area contributed by atoms with Gasteiger partial charge in [0.1, 0.15) is 5.60 Å². The fraction of sp³-hybridized carbons (Fsp3) is 0.800. The molecule has 0 fully saturated rings. The summed E-state index contributed by atoms with van der Waals surface area (Å²) in [5, 5.41) is 3.61. The molecule has 1 heterocycles. The predicted octanol–water partition coefficient (Wildman–Crippen LogP) is 1.82. The lowest BCUT2D eigenvalue weighted by Gasteiger charge is -2.12. The van der Waals surface area contributed by atoms with Gasteiger partial charge in [-0.1, -0.05) is 5.16 Å². The Kier molecular flexibility index (Phi) is 2.34. The molecule has 46 valence electrons. The molecule has 0 aliphatic carbocycles. The van der Waals surface area contributed by atoms with Gasteiger partial charge in [-0.25, -0.2) is 0 Å². The van der Waals surface area contributed by atoms with E-state index in [0.717, 1.165) is 6.42 Å². The van der Waals surface area contributed by atoms with Crippen LogP contribution in [0, 0.1) is 0 Å². The van der Waals surface area contributed by atoms with Crippen LogP contribution < -0.4 is 0 Å². The van der Waals surface area contributed by atoms with E-state index >= 15 is 0 Å². The van der Waals surface area contributed by atoms with E-state index in [9.17, 15) is 0 Å². The van der Waals surface area contributed by atoms with Crippen molar-refractivity contribution in [3.63, 3.8) is 0 Å². The molecule has 0 bridgehead atoms. The molecule has 1 aliphatic rings. The Bertz CT molecular complexity index is 90.6. The van der Waals surface area contributed by atoms with Crippen LogP contribution in [0.5, 0.6) is 0 Å². The van der Waals surface area contributed by atoms with Gasteiger partial charge in [0.2, 0.25) is 0 Å². The van der Waals surface area contributed by atoms with Gasteiger partial charge >= 0.3 is 0 Å². The quantitative estimate of drug-likeness (QED) is 0.491. The summed E-state index contributed by atoms with van der Waals surface area (Å²) in [4.78, 5) is 4.91. The molecule has 0 aromatic heterocycles. The van der Waals surface area contributed by atoms with Gasteiger partial charge in [-0.05, 0) is 13.8 Å². The second-order valence-corrected chi connectivity index (χ2v) is 2.34. The zero-order valence-electron chi connectivity index (χ0n) is 5.05. The highest BCUT2D eigenvalue weighted by Crippen LogP contribution is 2.17. The summed E-state index contributed by atoms with van der Waals surface area (Å²) in [5.41, 5.74) is -0.0278. The van der Waals surface area contributed by atoms with Gasteiger partial charge in [0, 0.05) is 26.1 Å². The Morgan fingerprint density at radius 3 is 2.38 bits per heavy atom. The Hall–Kier alpha value is -0.180. The van der Waals surface area contributed by atoms with Crippen molar-refractivity contribution in [3.8, 4) is 0 Å². The molecule has 0 amide bonds. The smallest absolute Gasteiger partial charge is 0.137 e. The number of hydrogen-bond acceptors (Lipinski definition) is 2. The molecule has 0 atom stereocenters. The molecular weight excluding hydrogens is 122 g/mol. The third-order valence-corrected chi connectivity index (χ3v) is 0.957. The molecule has 0 saturated heterocycles. The van der Waals surface area contributed by atoms with E-state index in [4.69, 9.17) is 4.84 Å². The predicted molar refractivity (Wildman–Crippen MR) is 35.9 cm³/mol. The third kappa shape index (κ3) is 1.74. The molecule has 8 heavy (non-hydrogen) atoms. The monoisotopic (exact) mass is 131 g/mol. The van der Waals surface area contributed by atoms with Crippen LogP contribution in [0.15, 0.2) is 5.16 Å². The van der Waals surface area contributed by atoms with Gasteiger partial charge in [-0.3, -0.25) is 0 Å². The van der Waals surface area contributed by atoms with Crippen molar-refractivity contribution in [2.45, 2.75) is 25.9 Å². The minimum absolute atomic E-state index is 0. The van der Waals surface area contributed by atoms with Crippen molar-refractivity contribution in [2.24, 2.45) is 5.16 Å². The van der Waals surface area contributed by atoms with Crippen molar-refractivity contribution >= 4 is 19.7 Å². The molecule has 0 saturated carbocycles. The highest BCUT2D eigenvalue weighted by Gasteiger charge is 2.21. The maximum Gasteiger partial charge on any atom is 0.137 e. The maximum atomic E-state index is 4.91. The van der Waals surface area contributed by atoms with Gasteiger partial charge < -0.3 is 4.84 Å². The Labute approximate surface area is 56.3 Å². The first-order chi connectivity index (χ1) is 3.21. The van der Waals surface area contributed by atoms with Gasteiger partial charge in [-0.2, -0.15) is 0 Å². The largest absolute Gasteiger partial charge is 0.390 e. The van der Waals surface area contributed by atoms with Crippen LogP contribution in [0.2, 0.25) is 0 Å². The standard InChI is InChI=1S/C5H9NO.S/c1-5(2)3-4-6-7-5;/h4H,3H2,1-2H3;. The molecule has 1 aliphatic heterocycles.